The van der Waals surface area contributed by atoms with Gasteiger partial charge in [-0.15, -0.1) is 12.4 Å². The van der Waals surface area contributed by atoms with Crippen molar-refractivity contribution in [2.45, 2.75) is 10.9 Å². The van der Waals surface area contributed by atoms with E-state index < -0.39 is 10.0 Å². The lowest BCUT2D eigenvalue weighted by Gasteiger charge is -2.27. The van der Waals surface area contributed by atoms with E-state index in [4.69, 9.17) is 4.74 Å². The minimum absolute atomic E-state index is 0. The summed E-state index contributed by atoms with van der Waals surface area (Å²) in [5.41, 5.74) is 0.707. The third-order valence-corrected chi connectivity index (χ3v) is 7.24. The van der Waals surface area contributed by atoms with Gasteiger partial charge in [-0.2, -0.15) is 4.31 Å². The Morgan fingerprint density at radius 1 is 1.15 bits per heavy atom. The van der Waals surface area contributed by atoms with Crippen LogP contribution in [0.1, 0.15) is 11.6 Å². The average molecular weight is 413 g/mol. The summed E-state index contributed by atoms with van der Waals surface area (Å²) in [5.74, 6) is 0.632. The van der Waals surface area contributed by atoms with Crippen molar-refractivity contribution in [3.05, 3.63) is 59.9 Å². The van der Waals surface area contributed by atoms with Crippen LogP contribution in [0.4, 0.5) is 4.39 Å². The lowest BCUT2D eigenvalue weighted by atomic mass is 9.90. The normalized spacial score (nSPS) is 25.0. The topological polar surface area (TPSA) is 58.6 Å². The molecule has 4 rings (SSSR count). The zero-order chi connectivity index (χ0) is 18.3. The first-order valence-electron chi connectivity index (χ1n) is 8.63. The molecule has 2 saturated heterocycles. The second kappa shape index (κ2) is 7.75. The van der Waals surface area contributed by atoms with Crippen LogP contribution in [0.15, 0.2) is 53.4 Å². The largest absolute Gasteiger partial charge is 0.497 e. The molecule has 0 radical (unpaired) electrons. The second-order valence-corrected chi connectivity index (χ2v) is 8.72. The zero-order valence-electron chi connectivity index (χ0n) is 14.8. The second-order valence-electron chi connectivity index (χ2n) is 6.83. The maximum absolute atomic E-state index is 13.8. The summed E-state index contributed by atoms with van der Waals surface area (Å²) in [5, 5.41) is 3.33. The van der Waals surface area contributed by atoms with Crippen molar-refractivity contribution >= 4 is 22.4 Å². The minimum atomic E-state index is -3.69. The van der Waals surface area contributed by atoms with Gasteiger partial charge in [-0.3, -0.25) is 0 Å². The van der Waals surface area contributed by atoms with E-state index in [0.717, 1.165) is 13.1 Å². The van der Waals surface area contributed by atoms with Gasteiger partial charge in [0.15, 0.2) is 0 Å². The molecule has 2 fully saturated rings. The van der Waals surface area contributed by atoms with Gasteiger partial charge in [0, 0.05) is 13.1 Å². The maximum atomic E-state index is 13.8. The molecule has 0 spiro atoms. The van der Waals surface area contributed by atoms with Gasteiger partial charge in [0.25, 0.3) is 0 Å². The lowest BCUT2D eigenvalue weighted by Crippen LogP contribution is -2.34. The number of methoxy groups -OCH3 is 1. The van der Waals surface area contributed by atoms with Gasteiger partial charge in [0.05, 0.1) is 18.0 Å². The Bertz CT molecular complexity index is 907. The molecule has 8 heteroatoms. The quantitative estimate of drug-likeness (QED) is 0.838. The Hall–Kier alpha value is -1.67. The van der Waals surface area contributed by atoms with Gasteiger partial charge in [-0.1, -0.05) is 12.1 Å². The molecule has 2 aliphatic rings. The molecule has 3 atom stereocenters. The van der Waals surface area contributed by atoms with Gasteiger partial charge in [-0.05, 0) is 60.3 Å². The molecule has 0 bridgehead atoms. The van der Waals surface area contributed by atoms with Crippen LogP contribution in [0.25, 0.3) is 0 Å². The fourth-order valence-corrected chi connectivity index (χ4v) is 5.83. The van der Waals surface area contributed by atoms with E-state index >= 15 is 0 Å². The lowest BCUT2D eigenvalue weighted by molar-refractivity contribution is 0.344. The monoisotopic (exact) mass is 412 g/mol. The number of fused-ring (bicyclic) bond motifs is 1. The number of rotatable bonds is 4. The maximum Gasteiger partial charge on any atom is 0.243 e. The van der Waals surface area contributed by atoms with Crippen molar-refractivity contribution in [2.24, 2.45) is 11.8 Å². The zero-order valence-corrected chi connectivity index (χ0v) is 16.5. The van der Waals surface area contributed by atoms with Crippen LogP contribution in [0.2, 0.25) is 0 Å². The van der Waals surface area contributed by atoms with Crippen molar-refractivity contribution < 1.29 is 17.5 Å². The number of nitrogens with zero attached hydrogens (tertiary/aromatic N) is 1. The standard InChI is InChI=1S/C19H21FN2O3S.ClH/c1-25-16-5-7-17(8-6-16)26(23,24)22-12-14-10-21-11-18(14)19(22)13-3-2-4-15(20)9-13;/h2-9,14,18-19,21H,10-12H2,1H3;1H/t14-,18-,19+;/m0./s1. The van der Waals surface area contributed by atoms with E-state index in [2.05, 4.69) is 5.32 Å². The molecule has 2 heterocycles. The molecular formula is C19H22ClFN2O3S. The van der Waals surface area contributed by atoms with Crippen molar-refractivity contribution in [1.82, 2.24) is 9.62 Å². The van der Waals surface area contributed by atoms with Crippen LogP contribution >= 0.6 is 12.4 Å². The first-order valence-corrected chi connectivity index (χ1v) is 10.1. The number of ether oxygens (including phenoxy) is 1. The third-order valence-electron chi connectivity index (χ3n) is 5.38. The first kappa shape index (κ1) is 20.1. The molecule has 1 N–H and O–H groups in total. The molecule has 2 aromatic rings. The van der Waals surface area contributed by atoms with Gasteiger partial charge >= 0.3 is 0 Å². The molecule has 146 valence electrons. The predicted octanol–water partition coefficient (Wildman–Crippen LogP) is 2.84. The smallest absolute Gasteiger partial charge is 0.243 e. The molecule has 0 saturated carbocycles. The van der Waals surface area contributed by atoms with Crippen LogP contribution < -0.4 is 10.1 Å². The molecule has 0 aromatic heterocycles. The summed E-state index contributed by atoms with van der Waals surface area (Å²) < 4.78 is 47.1. The first-order chi connectivity index (χ1) is 12.5. The fraction of sp³-hybridized carbons (Fsp3) is 0.368. The van der Waals surface area contributed by atoms with E-state index in [-0.39, 0.29) is 41.0 Å². The molecular weight excluding hydrogens is 391 g/mol. The predicted molar refractivity (Wildman–Crippen MR) is 103 cm³/mol. The number of benzene rings is 2. The van der Waals surface area contributed by atoms with Gasteiger partial charge in [-0.25, -0.2) is 12.8 Å². The molecule has 5 nitrogen and oxygen atoms in total. The average Bonchev–Trinajstić information content (AvgIpc) is 3.23. The number of hydrogen-bond donors (Lipinski definition) is 1. The Morgan fingerprint density at radius 2 is 1.89 bits per heavy atom. The molecule has 0 aliphatic carbocycles. The van der Waals surface area contributed by atoms with E-state index in [1.807, 2.05) is 6.07 Å². The highest BCUT2D eigenvalue weighted by Gasteiger charge is 2.49. The van der Waals surface area contributed by atoms with Crippen molar-refractivity contribution in [1.29, 1.82) is 0 Å². The van der Waals surface area contributed by atoms with Crippen LogP contribution in [-0.4, -0.2) is 39.5 Å². The van der Waals surface area contributed by atoms with Crippen molar-refractivity contribution in [3.63, 3.8) is 0 Å². The Labute approximate surface area is 165 Å². The summed E-state index contributed by atoms with van der Waals surface area (Å²) in [7, 11) is -2.15. The fourth-order valence-electron chi connectivity index (χ4n) is 4.12. The van der Waals surface area contributed by atoms with Gasteiger partial charge in [0.1, 0.15) is 11.6 Å². The Balaban J connectivity index is 0.00000210. The summed E-state index contributed by atoms with van der Waals surface area (Å²) >= 11 is 0. The summed E-state index contributed by atoms with van der Waals surface area (Å²) in [6.45, 7) is 1.96. The summed E-state index contributed by atoms with van der Waals surface area (Å²) in [6, 6.07) is 12.3. The third kappa shape index (κ3) is 3.57. The van der Waals surface area contributed by atoms with E-state index in [1.54, 1.807) is 34.6 Å². The minimum Gasteiger partial charge on any atom is -0.497 e. The molecule has 2 aromatic carbocycles. The van der Waals surface area contributed by atoms with E-state index in [1.165, 1.54) is 19.2 Å². The highest BCUT2D eigenvalue weighted by Crippen LogP contribution is 2.45. The Kier molecular flexibility index (Phi) is 5.76. The van der Waals surface area contributed by atoms with Crippen LogP contribution in [0, 0.1) is 17.7 Å². The van der Waals surface area contributed by atoms with E-state index in [9.17, 15) is 12.8 Å². The van der Waals surface area contributed by atoms with Crippen LogP contribution in [0.3, 0.4) is 0 Å². The molecule has 27 heavy (non-hydrogen) atoms. The Morgan fingerprint density at radius 3 is 2.56 bits per heavy atom. The van der Waals surface area contributed by atoms with E-state index in [0.29, 0.717) is 17.9 Å². The number of nitrogens with one attached hydrogen (secondary N) is 1. The van der Waals surface area contributed by atoms with Crippen molar-refractivity contribution in [3.8, 4) is 5.75 Å². The van der Waals surface area contributed by atoms with Crippen LogP contribution in [0.5, 0.6) is 5.75 Å². The van der Waals surface area contributed by atoms with Gasteiger partial charge in [0.2, 0.25) is 10.0 Å². The number of hydrogen-bond acceptors (Lipinski definition) is 4. The summed E-state index contributed by atoms with van der Waals surface area (Å²) in [4.78, 5) is 0.229. The molecule has 2 aliphatic heterocycles. The SMILES string of the molecule is COc1ccc(S(=O)(=O)N2C[C@@H]3CNC[C@@H]3[C@H]2c2cccc(F)c2)cc1.Cl. The summed E-state index contributed by atoms with van der Waals surface area (Å²) in [6.07, 6.45) is 0. The van der Waals surface area contributed by atoms with Gasteiger partial charge < -0.3 is 10.1 Å². The highest BCUT2D eigenvalue weighted by molar-refractivity contribution is 7.89. The van der Waals surface area contributed by atoms with Crippen molar-refractivity contribution in [2.75, 3.05) is 26.7 Å². The molecule has 0 amide bonds. The highest BCUT2D eigenvalue weighted by atomic mass is 35.5. The number of halogens is 2. The van der Waals surface area contributed by atoms with Crippen LogP contribution in [-0.2, 0) is 10.0 Å². The number of sulfonamides is 1. The molecule has 0 unspecified atom stereocenters.